The van der Waals surface area contributed by atoms with Crippen LogP contribution < -0.4 is 15.4 Å². The number of carbonyl (C=O) groups is 3. The number of benzene rings is 3. The van der Waals surface area contributed by atoms with Crippen molar-refractivity contribution < 1.29 is 29.0 Å². The van der Waals surface area contributed by atoms with Crippen LogP contribution in [-0.4, -0.2) is 53.2 Å². The Balaban J connectivity index is 2.11. The Labute approximate surface area is 272 Å². The number of hydrogen-bond acceptors (Lipinski definition) is 6. The van der Waals surface area contributed by atoms with E-state index in [0.29, 0.717) is 34.5 Å². The monoisotopic (exact) mass is 627 g/mol. The van der Waals surface area contributed by atoms with Crippen molar-refractivity contribution in [2.45, 2.75) is 77.5 Å². The summed E-state index contributed by atoms with van der Waals surface area (Å²) in [5.41, 5.74) is 1.36. The zero-order valence-corrected chi connectivity index (χ0v) is 27.3. The first-order valence-corrected chi connectivity index (χ1v) is 15.5. The number of carbonyl (C=O) groups excluding carboxylic acids is 3. The van der Waals surface area contributed by atoms with E-state index in [2.05, 4.69) is 23.5 Å². The zero-order valence-electron chi connectivity index (χ0n) is 27.3. The highest BCUT2D eigenvalue weighted by Gasteiger charge is 2.37. The van der Waals surface area contributed by atoms with Crippen molar-refractivity contribution in [2.75, 3.05) is 19.0 Å². The maximum absolute atomic E-state index is 14.7. The fourth-order valence-electron chi connectivity index (χ4n) is 5.00. The molecule has 0 bridgehead atoms. The number of phenolic OH excluding ortho intramolecular Hbond substituents is 1. The number of nitrogens with one attached hydrogen (secondary N) is 2. The molecule has 3 aromatic rings. The Morgan fingerprint density at radius 2 is 1.63 bits per heavy atom. The van der Waals surface area contributed by atoms with Crippen LogP contribution in [0.15, 0.2) is 72.8 Å². The maximum atomic E-state index is 14.7. The number of terminal acetylenes is 1. The van der Waals surface area contributed by atoms with Crippen molar-refractivity contribution in [3.05, 3.63) is 89.5 Å². The highest BCUT2D eigenvalue weighted by atomic mass is 16.6. The first kappa shape index (κ1) is 35.5. The number of anilines is 1. The van der Waals surface area contributed by atoms with Gasteiger partial charge in [-0.2, -0.15) is 0 Å². The zero-order chi connectivity index (χ0) is 33.7. The van der Waals surface area contributed by atoms with E-state index >= 15 is 0 Å². The maximum Gasteiger partial charge on any atom is 0.408 e. The van der Waals surface area contributed by atoms with Gasteiger partial charge in [-0.3, -0.25) is 9.59 Å². The second-order valence-corrected chi connectivity index (χ2v) is 12.0. The number of methoxy groups -OCH3 is 1. The predicted octanol–water partition coefficient (Wildman–Crippen LogP) is 6.61. The second kappa shape index (κ2) is 16.9. The van der Waals surface area contributed by atoms with Crippen LogP contribution in [0.5, 0.6) is 11.5 Å². The van der Waals surface area contributed by atoms with Crippen molar-refractivity contribution in [3.63, 3.8) is 0 Å². The molecule has 0 radical (unpaired) electrons. The molecule has 0 spiro atoms. The Morgan fingerprint density at radius 3 is 2.24 bits per heavy atom. The number of alkyl carbamates (subject to hydrolysis) is 1. The number of nitrogens with zero attached hydrogens (tertiary/aromatic N) is 1. The molecule has 0 heterocycles. The molecule has 0 aliphatic rings. The normalized spacial score (nSPS) is 12.3. The molecule has 3 rings (SSSR count). The average molecular weight is 628 g/mol. The molecular formula is C37H45N3O6. The number of aromatic hydroxyl groups is 1. The molecule has 2 atom stereocenters. The van der Waals surface area contributed by atoms with Gasteiger partial charge in [0.25, 0.3) is 5.91 Å². The number of rotatable bonds is 14. The molecule has 0 aromatic heterocycles. The lowest BCUT2D eigenvalue weighted by Gasteiger charge is -2.35. The van der Waals surface area contributed by atoms with Gasteiger partial charge >= 0.3 is 6.09 Å². The summed E-state index contributed by atoms with van der Waals surface area (Å²) in [7, 11) is 1.56. The predicted molar refractivity (Wildman–Crippen MR) is 180 cm³/mol. The van der Waals surface area contributed by atoms with Crippen molar-refractivity contribution in [3.8, 4) is 23.8 Å². The van der Waals surface area contributed by atoms with Crippen LogP contribution in [0, 0.1) is 12.3 Å². The smallest absolute Gasteiger partial charge is 0.408 e. The van der Waals surface area contributed by atoms with Gasteiger partial charge in [-0.1, -0.05) is 62.4 Å². The van der Waals surface area contributed by atoms with Crippen molar-refractivity contribution in [1.82, 2.24) is 10.2 Å². The molecule has 3 aromatic carbocycles. The van der Waals surface area contributed by atoms with Crippen LogP contribution in [0.4, 0.5) is 10.5 Å². The summed E-state index contributed by atoms with van der Waals surface area (Å²) < 4.78 is 10.8. The molecule has 9 heteroatoms. The number of unbranched alkanes of at least 4 members (excludes halogenated alkanes) is 3. The molecular weight excluding hydrogens is 582 g/mol. The molecule has 0 saturated heterocycles. The number of amides is 3. The fraction of sp³-hybridized carbons (Fsp3) is 0.378. The highest BCUT2D eigenvalue weighted by Crippen LogP contribution is 2.29. The van der Waals surface area contributed by atoms with Crippen LogP contribution in [0.3, 0.4) is 0 Å². The van der Waals surface area contributed by atoms with E-state index in [-0.39, 0.29) is 18.7 Å². The molecule has 0 aliphatic carbocycles. The Morgan fingerprint density at radius 1 is 0.957 bits per heavy atom. The molecule has 3 N–H and O–H groups in total. The molecule has 46 heavy (non-hydrogen) atoms. The lowest BCUT2D eigenvalue weighted by Crippen LogP contribution is -2.53. The van der Waals surface area contributed by atoms with Gasteiger partial charge in [0, 0.05) is 24.2 Å². The summed E-state index contributed by atoms with van der Waals surface area (Å²) >= 11 is 0. The minimum absolute atomic E-state index is 0.0745. The van der Waals surface area contributed by atoms with E-state index in [9.17, 15) is 19.5 Å². The standard InChI is InChI=1S/C37H45N3O6/c1-7-9-10-13-24-40(35(43)32(39-36(44)46-37(3,4)5)25-26-16-20-29(41)21-17-26)33(31-15-12-11-14-27(31)8-2)34(42)38-28-18-22-30(45-6)23-19-28/h2,11-12,14-23,32-33,41H,7,9-10,13,24-25H2,1,3-6H3,(H,38,42)(H,39,44). The van der Waals surface area contributed by atoms with Gasteiger partial charge in [0.15, 0.2) is 0 Å². The van der Waals surface area contributed by atoms with Crippen LogP contribution >= 0.6 is 0 Å². The largest absolute Gasteiger partial charge is 0.508 e. The van der Waals surface area contributed by atoms with Gasteiger partial charge in [0.05, 0.1) is 7.11 Å². The van der Waals surface area contributed by atoms with Crippen LogP contribution in [0.25, 0.3) is 0 Å². The molecule has 244 valence electrons. The third kappa shape index (κ3) is 10.6. The van der Waals surface area contributed by atoms with E-state index in [1.807, 2.05) is 0 Å². The van der Waals surface area contributed by atoms with Crippen molar-refractivity contribution in [2.24, 2.45) is 0 Å². The number of phenols is 1. The van der Waals surface area contributed by atoms with Gasteiger partial charge in [0.1, 0.15) is 29.2 Å². The van der Waals surface area contributed by atoms with Gasteiger partial charge in [-0.15, -0.1) is 6.42 Å². The Hall–Kier alpha value is -4.97. The number of ether oxygens (including phenoxy) is 2. The van der Waals surface area contributed by atoms with E-state index in [1.54, 1.807) is 88.5 Å². The molecule has 9 nitrogen and oxygen atoms in total. The molecule has 0 saturated carbocycles. The topological polar surface area (TPSA) is 117 Å². The lowest BCUT2D eigenvalue weighted by atomic mass is 9.96. The summed E-state index contributed by atoms with van der Waals surface area (Å²) in [6.07, 6.45) is 8.63. The van der Waals surface area contributed by atoms with E-state index in [4.69, 9.17) is 15.9 Å². The van der Waals surface area contributed by atoms with Crippen LogP contribution in [0.2, 0.25) is 0 Å². The summed E-state index contributed by atoms with van der Waals surface area (Å²) in [6.45, 7) is 7.54. The third-order valence-electron chi connectivity index (χ3n) is 7.23. The average Bonchev–Trinajstić information content (AvgIpc) is 3.02. The molecule has 2 unspecified atom stereocenters. The SMILES string of the molecule is C#Cc1ccccc1C(C(=O)Nc1ccc(OC)cc1)N(CCCCCC)C(=O)C(Cc1ccc(O)cc1)NC(=O)OC(C)(C)C. The Bertz CT molecular complexity index is 1490. The van der Waals surface area contributed by atoms with Gasteiger partial charge in [-0.05, 0) is 80.8 Å². The third-order valence-corrected chi connectivity index (χ3v) is 7.23. The van der Waals surface area contributed by atoms with E-state index in [0.717, 1.165) is 19.3 Å². The Kier molecular flexibility index (Phi) is 13.1. The van der Waals surface area contributed by atoms with E-state index in [1.165, 1.54) is 17.0 Å². The van der Waals surface area contributed by atoms with Crippen molar-refractivity contribution in [1.29, 1.82) is 0 Å². The minimum atomic E-state index is -1.12. The highest BCUT2D eigenvalue weighted by molar-refractivity contribution is 5.99. The fourth-order valence-corrected chi connectivity index (χ4v) is 5.00. The van der Waals surface area contributed by atoms with E-state index < -0.39 is 35.6 Å². The molecule has 3 amide bonds. The summed E-state index contributed by atoms with van der Waals surface area (Å²) in [6, 6.07) is 18.1. The minimum Gasteiger partial charge on any atom is -0.508 e. The van der Waals surface area contributed by atoms with Crippen molar-refractivity contribution >= 4 is 23.6 Å². The number of hydrogen-bond donors (Lipinski definition) is 3. The lowest BCUT2D eigenvalue weighted by molar-refractivity contribution is -0.140. The summed E-state index contributed by atoms with van der Waals surface area (Å²) in [5.74, 6) is 2.43. The van der Waals surface area contributed by atoms with Gasteiger partial charge in [0.2, 0.25) is 5.91 Å². The molecule has 0 aliphatic heterocycles. The summed E-state index contributed by atoms with van der Waals surface area (Å²) in [4.78, 5) is 43.5. The quantitative estimate of drug-likeness (QED) is 0.137. The van der Waals surface area contributed by atoms with Gasteiger partial charge in [-0.25, -0.2) is 4.79 Å². The van der Waals surface area contributed by atoms with Crippen LogP contribution in [-0.2, 0) is 20.7 Å². The van der Waals surface area contributed by atoms with Gasteiger partial charge < -0.3 is 30.1 Å². The molecule has 0 fully saturated rings. The second-order valence-electron chi connectivity index (χ2n) is 12.0. The first-order valence-electron chi connectivity index (χ1n) is 15.5. The first-order chi connectivity index (χ1) is 21.9. The summed E-state index contributed by atoms with van der Waals surface area (Å²) in [5, 5.41) is 15.5. The van der Waals surface area contributed by atoms with Crippen LogP contribution in [0.1, 0.15) is 76.1 Å².